The number of thioether (sulfide) groups is 1. The van der Waals surface area contributed by atoms with Crippen molar-refractivity contribution in [2.45, 2.75) is 24.8 Å². The lowest BCUT2D eigenvalue weighted by atomic mass is 10.1. The third-order valence-corrected chi connectivity index (χ3v) is 4.74. The van der Waals surface area contributed by atoms with Crippen molar-refractivity contribution in [3.63, 3.8) is 0 Å². The molecule has 5 nitrogen and oxygen atoms in total. The lowest BCUT2D eigenvalue weighted by Crippen LogP contribution is -2.24. The van der Waals surface area contributed by atoms with Crippen molar-refractivity contribution in [3.8, 4) is 0 Å². The molecule has 3 rings (SSSR count). The molecule has 0 saturated carbocycles. The van der Waals surface area contributed by atoms with Crippen LogP contribution in [0.5, 0.6) is 0 Å². The first-order valence-electron chi connectivity index (χ1n) is 7.81. The van der Waals surface area contributed by atoms with Crippen molar-refractivity contribution in [2.24, 2.45) is 0 Å². The van der Waals surface area contributed by atoms with Gasteiger partial charge >= 0.3 is 0 Å². The molecule has 1 aliphatic rings. The molecule has 0 radical (unpaired) electrons. The van der Waals surface area contributed by atoms with Crippen LogP contribution < -0.4 is 10.2 Å². The molecule has 1 saturated heterocycles. The van der Waals surface area contributed by atoms with Gasteiger partial charge in [-0.1, -0.05) is 0 Å². The number of carbonyl (C=O) groups excluding carboxylic acids is 2. The van der Waals surface area contributed by atoms with Crippen LogP contribution in [0.2, 0.25) is 0 Å². The molecule has 1 fully saturated rings. The molecule has 2 aromatic rings. The molecule has 0 spiro atoms. The Hall–Kier alpha value is -2.34. The Kier molecular flexibility index (Phi) is 4.85. The van der Waals surface area contributed by atoms with E-state index in [1.807, 2.05) is 36.3 Å². The number of nitrogens with zero attached hydrogens (tertiary/aromatic N) is 2. The minimum Gasteiger partial charge on any atom is -0.322 e. The van der Waals surface area contributed by atoms with E-state index >= 15 is 0 Å². The van der Waals surface area contributed by atoms with Crippen molar-refractivity contribution < 1.29 is 9.59 Å². The fraction of sp³-hybridized carbons (Fsp3) is 0.278. The SMILES string of the molecule is CSc1ncccc1C(=O)Nc1ccc(N2CCCC2=O)c(C)c1. The Labute approximate surface area is 145 Å². The molecule has 0 bridgehead atoms. The Morgan fingerprint density at radius 3 is 2.83 bits per heavy atom. The number of hydrogen-bond donors (Lipinski definition) is 1. The van der Waals surface area contributed by atoms with Gasteiger partial charge < -0.3 is 10.2 Å². The fourth-order valence-electron chi connectivity index (χ4n) is 2.86. The topological polar surface area (TPSA) is 62.3 Å². The van der Waals surface area contributed by atoms with Crippen molar-refractivity contribution in [2.75, 3.05) is 23.0 Å². The molecule has 0 atom stereocenters. The molecular weight excluding hydrogens is 322 g/mol. The van der Waals surface area contributed by atoms with Gasteiger partial charge in [-0.3, -0.25) is 9.59 Å². The number of carbonyl (C=O) groups is 2. The summed E-state index contributed by atoms with van der Waals surface area (Å²) in [5.74, 6) is -0.0216. The number of anilines is 2. The molecule has 1 N–H and O–H groups in total. The van der Waals surface area contributed by atoms with Crippen LogP contribution in [0.25, 0.3) is 0 Å². The first kappa shape index (κ1) is 16.5. The Morgan fingerprint density at radius 1 is 1.33 bits per heavy atom. The van der Waals surface area contributed by atoms with Gasteiger partial charge in [-0.25, -0.2) is 4.98 Å². The van der Waals surface area contributed by atoms with Crippen LogP contribution in [-0.4, -0.2) is 29.6 Å². The highest BCUT2D eigenvalue weighted by atomic mass is 32.2. The number of benzene rings is 1. The molecule has 1 aromatic heterocycles. The molecule has 0 unspecified atom stereocenters. The number of hydrogen-bond acceptors (Lipinski definition) is 4. The van der Waals surface area contributed by atoms with Crippen LogP contribution >= 0.6 is 11.8 Å². The first-order chi connectivity index (χ1) is 11.6. The highest BCUT2D eigenvalue weighted by molar-refractivity contribution is 7.98. The minimum absolute atomic E-state index is 0.162. The lowest BCUT2D eigenvalue weighted by Gasteiger charge is -2.19. The van der Waals surface area contributed by atoms with Crippen LogP contribution in [-0.2, 0) is 4.79 Å². The highest BCUT2D eigenvalue weighted by Gasteiger charge is 2.23. The van der Waals surface area contributed by atoms with E-state index < -0.39 is 0 Å². The fourth-order valence-corrected chi connectivity index (χ4v) is 3.41. The number of pyridine rings is 1. The van der Waals surface area contributed by atoms with Crippen molar-refractivity contribution in [3.05, 3.63) is 47.7 Å². The Bertz CT molecular complexity index is 792. The summed E-state index contributed by atoms with van der Waals surface area (Å²) in [5.41, 5.74) is 3.16. The number of aryl methyl sites for hydroxylation is 1. The molecule has 2 heterocycles. The van der Waals surface area contributed by atoms with Crippen LogP contribution in [0.15, 0.2) is 41.6 Å². The summed E-state index contributed by atoms with van der Waals surface area (Å²) in [6.45, 7) is 2.71. The summed E-state index contributed by atoms with van der Waals surface area (Å²) in [6.07, 6.45) is 5.07. The van der Waals surface area contributed by atoms with Gasteiger partial charge in [0.25, 0.3) is 5.91 Å². The number of rotatable bonds is 4. The average Bonchev–Trinajstić information content (AvgIpc) is 3.00. The minimum atomic E-state index is -0.183. The van der Waals surface area contributed by atoms with E-state index in [2.05, 4.69) is 10.3 Å². The van der Waals surface area contributed by atoms with Crippen LogP contribution in [0.3, 0.4) is 0 Å². The molecule has 1 aromatic carbocycles. The zero-order valence-electron chi connectivity index (χ0n) is 13.7. The maximum atomic E-state index is 12.5. The molecule has 24 heavy (non-hydrogen) atoms. The van der Waals surface area contributed by atoms with Crippen LogP contribution in [0, 0.1) is 6.92 Å². The maximum absolute atomic E-state index is 12.5. The zero-order chi connectivity index (χ0) is 17.1. The summed E-state index contributed by atoms with van der Waals surface area (Å²) < 4.78 is 0. The molecule has 1 aliphatic heterocycles. The van der Waals surface area contributed by atoms with E-state index in [0.717, 1.165) is 24.2 Å². The normalized spacial score (nSPS) is 14.1. The summed E-state index contributed by atoms with van der Waals surface area (Å²) in [4.78, 5) is 30.4. The summed E-state index contributed by atoms with van der Waals surface area (Å²) in [5, 5.41) is 3.61. The molecule has 2 amide bonds. The smallest absolute Gasteiger partial charge is 0.258 e. The second-order valence-corrected chi connectivity index (χ2v) is 6.46. The Morgan fingerprint density at radius 2 is 2.17 bits per heavy atom. The van der Waals surface area contributed by atoms with Gasteiger partial charge in [-0.15, -0.1) is 11.8 Å². The number of amides is 2. The standard InChI is InChI=1S/C18H19N3O2S/c1-12-11-13(7-8-15(12)21-10-4-6-16(21)22)20-17(23)14-5-3-9-19-18(14)24-2/h3,5,7-9,11H,4,6,10H2,1-2H3,(H,20,23). The van der Waals surface area contributed by atoms with E-state index in [0.29, 0.717) is 22.7 Å². The quantitative estimate of drug-likeness (QED) is 0.865. The third-order valence-electron chi connectivity index (χ3n) is 4.03. The predicted molar refractivity (Wildman–Crippen MR) is 96.7 cm³/mol. The second-order valence-electron chi connectivity index (χ2n) is 5.66. The van der Waals surface area contributed by atoms with Crippen molar-refractivity contribution >= 4 is 35.0 Å². The Balaban J connectivity index is 1.80. The number of nitrogens with one attached hydrogen (secondary N) is 1. The monoisotopic (exact) mass is 341 g/mol. The van der Waals surface area contributed by atoms with Gasteiger partial charge in [-0.2, -0.15) is 0 Å². The lowest BCUT2D eigenvalue weighted by molar-refractivity contribution is -0.117. The van der Waals surface area contributed by atoms with E-state index in [9.17, 15) is 9.59 Å². The van der Waals surface area contributed by atoms with Crippen molar-refractivity contribution in [1.29, 1.82) is 0 Å². The summed E-state index contributed by atoms with van der Waals surface area (Å²) in [7, 11) is 0. The number of aromatic nitrogens is 1. The molecule has 6 heteroatoms. The second kappa shape index (κ2) is 7.05. The predicted octanol–water partition coefficient (Wildman–Crippen LogP) is 3.49. The van der Waals surface area contributed by atoms with E-state index in [1.165, 1.54) is 11.8 Å². The summed E-state index contributed by atoms with van der Waals surface area (Å²) >= 11 is 1.44. The first-order valence-corrected chi connectivity index (χ1v) is 9.04. The molecule has 0 aliphatic carbocycles. The van der Waals surface area contributed by atoms with Gasteiger partial charge in [0.2, 0.25) is 5.91 Å². The van der Waals surface area contributed by atoms with Gasteiger partial charge in [0.05, 0.1) is 5.56 Å². The van der Waals surface area contributed by atoms with E-state index in [1.54, 1.807) is 18.3 Å². The van der Waals surface area contributed by atoms with Crippen LogP contribution in [0.4, 0.5) is 11.4 Å². The van der Waals surface area contributed by atoms with Gasteiger partial charge in [0.1, 0.15) is 5.03 Å². The molecule has 124 valence electrons. The van der Waals surface area contributed by atoms with E-state index in [4.69, 9.17) is 0 Å². The maximum Gasteiger partial charge on any atom is 0.258 e. The zero-order valence-corrected chi connectivity index (χ0v) is 14.5. The third kappa shape index (κ3) is 3.28. The molecular formula is C18H19N3O2S. The van der Waals surface area contributed by atoms with Crippen molar-refractivity contribution in [1.82, 2.24) is 4.98 Å². The van der Waals surface area contributed by atoms with Gasteiger partial charge in [0, 0.05) is 30.5 Å². The van der Waals surface area contributed by atoms with E-state index in [-0.39, 0.29) is 11.8 Å². The summed E-state index contributed by atoms with van der Waals surface area (Å²) in [6, 6.07) is 9.14. The highest BCUT2D eigenvalue weighted by Crippen LogP contribution is 2.28. The van der Waals surface area contributed by atoms with Crippen LogP contribution in [0.1, 0.15) is 28.8 Å². The van der Waals surface area contributed by atoms with Gasteiger partial charge in [-0.05, 0) is 55.5 Å². The van der Waals surface area contributed by atoms with Gasteiger partial charge in [0.15, 0.2) is 0 Å². The largest absolute Gasteiger partial charge is 0.322 e. The average molecular weight is 341 g/mol.